The lowest BCUT2D eigenvalue weighted by Gasteiger charge is -2.09. The number of carbonyl (C=O) groups excluding carboxylic acids is 1. The summed E-state index contributed by atoms with van der Waals surface area (Å²) in [6.07, 6.45) is 0. The molecule has 17 heavy (non-hydrogen) atoms. The first-order valence-corrected chi connectivity index (χ1v) is 4.88. The number of hydrogen-bond donors (Lipinski definition) is 2. The van der Waals surface area contributed by atoms with Crippen LogP contribution in [0.2, 0.25) is 0 Å². The van der Waals surface area contributed by atoms with E-state index in [1.54, 1.807) is 6.07 Å². The second-order valence-corrected chi connectivity index (χ2v) is 3.34. The van der Waals surface area contributed by atoms with Gasteiger partial charge in [-0.1, -0.05) is 6.07 Å². The number of anilines is 1. The van der Waals surface area contributed by atoms with Crippen molar-refractivity contribution in [1.82, 2.24) is 5.32 Å². The normalized spacial score (nSPS) is 9.53. The van der Waals surface area contributed by atoms with Gasteiger partial charge in [-0.2, -0.15) is 5.26 Å². The van der Waals surface area contributed by atoms with Crippen molar-refractivity contribution in [1.29, 1.82) is 5.26 Å². The molecular formula is C11H11F2N3O. The highest BCUT2D eigenvalue weighted by Gasteiger charge is 2.12. The summed E-state index contributed by atoms with van der Waals surface area (Å²) in [7, 11) is 0. The Kier molecular flexibility index (Phi) is 4.40. The average molecular weight is 239 g/mol. The Bertz CT molecular complexity index is 469. The summed E-state index contributed by atoms with van der Waals surface area (Å²) in [5.41, 5.74) is -0.0524. The van der Waals surface area contributed by atoms with Crippen molar-refractivity contribution >= 4 is 11.6 Å². The molecule has 1 rings (SSSR count). The SMILES string of the molecule is Cc1ccc(F)c(NCC(=O)NCC#N)c1F. The van der Waals surface area contributed by atoms with Crippen LogP contribution in [0, 0.1) is 29.9 Å². The number of halogens is 2. The van der Waals surface area contributed by atoms with Crippen LogP contribution >= 0.6 is 0 Å². The molecule has 0 spiro atoms. The molecule has 0 aliphatic heterocycles. The summed E-state index contributed by atoms with van der Waals surface area (Å²) >= 11 is 0. The molecule has 0 atom stereocenters. The van der Waals surface area contributed by atoms with E-state index < -0.39 is 17.5 Å². The Hall–Kier alpha value is -2.16. The lowest BCUT2D eigenvalue weighted by molar-refractivity contribution is -0.119. The van der Waals surface area contributed by atoms with Crippen LogP contribution in [0.15, 0.2) is 12.1 Å². The van der Waals surface area contributed by atoms with Gasteiger partial charge in [0.15, 0.2) is 5.82 Å². The molecule has 1 aromatic rings. The van der Waals surface area contributed by atoms with Crippen LogP contribution in [0.1, 0.15) is 5.56 Å². The molecular weight excluding hydrogens is 228 g/mol. The van der Waals surface area contributed by atoms with Gasteiger partial charge in [0, 0.05) is 0 Å². The fraction of sp³-hybridized carbons (Fsp3) is 0.273. The molecule has 0 radical (unpaired) electrons. The Morgan fingerprint density at radius 1 is 1.47 bits per heavy atom. The number of hydrogen-bond acceptors (Lipinski definition) is 3. The molecule has 0 bridgehead atoms. The fourth-order valence-corrected chi connectivity index (χ4v) is 1.19. The summed E-state index contributed by atoms with van der Waals surface area (Å²) in [6.45, 7) is 1.06. The number of aryl methyl sites for hydroxylation is 1. The van der Waals surface area contributed by atoms with Gasteiger partial charge < -0.3 is 10.6 Å². The number of rotatable bonds is 4. The standard InChI is InChI=1S/C11H11F2N3O/c1-7-2-3-8(12)11(10(7)13)16-6-9(17)15-5-4-14/h2-3,16H,5-6H2,1H3,(H,15,17). The molecule has 4 nitrogen and oxygen atoms in total. The number of benzene rings is 1. The summed E-state index contributed by atoms with van der Waals surface area (Å²) in [4.78, 5) is 11.1. The molecule has 0 fully saturated rings. The summed E-state index contributed by atoms with van der Waals surface area (Å²) in [5.74, 6) is -1.99. The van der Waals surface area contributed by atoms with Gasteiger partial charge in [-0.25, -0.2) is 8.78 Å². The third kappa shape index (κ3) is 3.41. The van der Waals surface area contributed by atoms with Gasteiger partial charge in [0.2, 0.25) is 5.91 Å². The van der Waals surface area contributed by atoms with Gasteiger partial charge in [-0.3, -0.25) is 4.79 Å². The average Bonchev–Trinajstić information content (AvgIpc) is 2.31. The number of carbonyl (C=O) groups is 1. The molecule has 0 aromatic heterocycles. The van der Waals surface area contributed by atoms with Crippen molar-refractivity contribution < 1.29 is 13.6 Å². The number of amides is 1. The van der Waals surface area contributed by atoms with Crippen LogP contribution in [0.4, 0.5) is 14.5 Å². The maximum Gasteiger partial charge on any atom is 0.240 e. The first-order valence-electron chi connectivity index (χ1n) is 4.88. The number of nitrogens with one attached hydrogen (secondary N) is 2. The minimum atomic E-state index is -0.763. The predicted molar refractivity (Wildman–Crippen MR) is 58.2 cm³/mol. The van der Waals surface area contributed by atoms with Crippen molar-refractivity contribution in [2.24, 2.45) is 0 Å². The third-order valence-electron chi connectivity index (χ3n) is 2.07. The van der Waals surface area contributed by atoms with Crippen LogP contribution in [0.25, 0.3) is 0 Å². The fourth-order valence-electron chi connectivity index (χ4n) is 1.19. The highest BCUT2D eigenvalue weighted by atomic mass is 19.1. The van der Waals surface area contributed by atoms with E-state index in [1.807, 2.05) is 0 Å². The minimum absolute atomic E-state index is 0.140. The lowest BCUT2D eigenvalue weighted by Crippen LogP contribution is -2.30. The third-order valence-corrected chi connectivity index (χ3v) is 2.07. The maximum absolute atomic E-state index is 13.5. The number of nitriles is 1. The van der Waals surface area contributed by atoms with Crippen LogP contribution < -0.4 is 10.6 Å². The lowest BCUT2D eigenvalue weighted by atomic mass is 10.2. The van der Waals surface area contributed by atoms with Crippen molar-refractivity contribution in [2.75, 3.05) is 18.4 Å². The second kappa shape index (κ2) is 5.80. The van der Waals surface area contributed by atoms with Gasteiger partial charge >= 0.3 is 0 Å². The summed E-state index contributed by atoms with van der Waals surface area (Å²) in [5, 5.41) is 12.8. The van der Waals surface area contributed by atoms with Gasteiger partial charge in [0.1, 0.15) is 18.0 Å². The first-order chi connectivity index (χ1) is 8.06. The van der Waals surface area contributed by atoms with E-state index in [1.165, 1.54) is 13.0 Å². The second-order valence-electron chi connectivity index (χ2n) is 3.34. The summed E-state index contributed by atoms with van der Waals surface area (Å²) in [6, 6.07) is 4.15. The van der Waals surface area contributed by atoms with E-state index in [-0.39, 0.29) is 24.3 Å². The van der Waals surface area contributed by atoms with Crippen LogP contribution in [0.5, 0.6) is 0 Å². The van der Waals surface area contributed by atoms with Gasteiger partial charge in [0.25, 0.3) is 0 Å². The maximum atomic E-state index is 13.5. The number of nitrogens with zero attached hydrogens (tertiary/aromatic N) is 1. The van der Waals surface area contributed by atoms with E-state index in [0.717, 1.165) is 6.07 Å². The van der Waals surface area contributed by atoms with Crippen molar-refractivity contribution in [3.8, 4) is 6.07 Å². The Balaban J connectivity index is 2.67. The quantitative estimate of drug-likeness (QED) is 0.779. The molecule has 90 valence electrons. The van der Waals surface area contributed by atoms with Crippen molar-refractivity contribution in [3.63, 3.8) is 0 Å². The largest absolute Gasteiger partial charge is 0.371 e. The highest BCUT2D eigenvalue weighted by molar-refractivity contribution is 5.80. The predicted octanol–water partition coefficient (Wildman–Crippen LogP) is 1.32. The van der Waals surface area contributed by atoms with Crippen molar-refractivity contribution in [3.05, 3.63) is 29.3 Å². The van der Waals surface area contributed by atoms with E-state index in [9.17, 15) is 13.6 Å². The first kappa shape index (κ1) is 12.9. The smallest absolute Gasteiger partial charge is 0.240 e. The molecule has 6 heteroatoms. The van der Waals surface area contributed by atoms with E-state index in [2.05, 4.69) is 10.6 Å². The molecule has 0 saturated heterocycles. The molecule has 1 amide bonds. The van der Waals surface area contributed by atoms with Crippen molar-refractivity contribution in [2.45, 2.75) is 6.92 Å². The zero-order chi connectivity index (χ0) is 12.8. The van der Waals surface area contributed by atoms with Gasteiger partial charge in [-0.05, 0) is 18.6 Å². The van der Waals surface area contributed by atoms with E-state index in [4.69, 9.17) is 5.26 Å². The van der Waals surface area contributed by atoms with E-state index >= 15 is 0 Å². The summed E-state index contributed by atoms with van der Waals surface area (Å²) < 4.78 is 26.7. The Morgan fingerprint density at radius 2 is 2.18 bits per heavy atom. The minimum Gasteiger partial charge on any atom is -0.371 e. The molecule has 0 saturated carbocycles. The zero-order valence-corrected chi connectivity index (χ0v) is 9.18. The van der Waals surface area contributed by atoms with Crippen LogP contribution in [-0.4, -0.2) is 19.0 Å². The molecule has 0 aliphatic carbocycles. The highest BCUT2D eigenvalue weighted by Crippen LogP contribution is 2.21. The Labute approximate surface area is 97.2 Å². The van der Waals surface area contributed by atoms with Crippen LogP contribution in [0.3, 0.4) is 0 Å². The van der Waals surface area contributed by atoms with Gasteiger partial charge in [-0.15, -0.1) is 0 Å². The molecule has 0 heterocycles. The molecule has 0 aliphatic rings. The molecule has 2 N–H and O–H groups in total. The molecule has 1 aromatic carbocycles. The topological polar surface area (TPSA) is 64.9 Å². The Morgan fingerprint density at radius 3 is 2.82 bits per heavy atom. The van der Waals surface area contributed by atoms with Gasteiger partial charge in [0.05, 0.1) is 12.6 Å². The monoisotopic (exact) mass is 239 g/mol. The molecule has 0 unspecified atom stereocenters. The van der Waals surface area contributed by atoms with E-state index in [0.29, 0.717) is 0 Å². The zero-order valence-electron chi connectivity index (χ0n) is 9.18. The van der Waals surface area contributed by atoms with Crippen LogP contribution in [-0.2, 0) is 4.79 Å².